The molecule has 3 N–H and O–H groups in total. The highest BCUT2D eigenvalue weighted by atomic mass is 16.3. The molecule has 110 valence electrons. The molecular formula is C18H27NO. The van der Waals surface area contributed by atoms with E-state index in [-0.39, 0.29) is 11.5 Å². The van der Waals surface area contributed by atoms with Gasteiger partial charge in [0.25, 0.3) is 0 Å². The maximum Gasteiger partial charge on any atom is 0.0577 e. The quantitative estimate of drug-likeness (QED) is 0.665. The standard InChI is InChI=1S/C18H27NO/c1-18-9-8-14-13-5-3-12(20)10-11(13)2-4-15(14)16(18)6-7-17(18)19/h2,7,12-16,20H,3-6,8-10,19H2,1H3/t12-,13+,14-,15-,16+,18+/m1/s1. The monoisotopic (exact) mass is 273 g/mol. The molecule has 0 unspecified atom stereocenters. The van der Waals surface area contributed by atoms with Gasteiger partial charge >= 0.3 is 0 Å². The van der Waals surface area contributed by atoms with Crippen molar-refractivity contribution in [1.29, 1.82) is 0 Å². The molecule has 0 saturated heterocycles. The van der Waals surface area contributed by atoms with Crippen LogP contribution in [-0.2, 0) is 0 Å². The predicted molar refractivity (Wildman–Crippen MR) is 80.7 cm³/mol. The molecule has 0 aliphatic heterocycles. The number of rotatable bonds is 0. The lowest BCUT2D eigenvalue weighted by Crippen LogP contribution is -2.46. The average molecular weight is 273 g/mol. The summed E-state index contributed by atoms with van der Waals surface area (Å²) in [6, 6.07) is 0. The van der Waals surface area contributed by atoms with Crippen LogP contribution < -0.4 is 5.73 Å². The van der Waals surface area contributed by atoms with Crippen molar-refractivity contribution in [2.75, 3.05) is 0 Å². The fraction of sp³-hybridized carbons (Fsp3) is 0.778. The highest BCUT2D eigenvalue weighted by Gasteiger charge is 2.52. The van der Waals surface area contributed by atoms with Crippen LogP contribution in [0.2, 0.25) is 0 Å². The number of allylic oxidation sites excluding steroid dienone is 3. The largest absolute Gasteiger partial charge is 0.402 e. The summed E-state index contributed by atoms with van der Waals surface area (Å²) in [5.74, 6) is 3.23. The first-order valence-corrected chi connectivity index (χ1v) is 8.42. The topological polar surface area (TPSA) is 46.2 Å². The summed E-state index contributed by atoms with van der Waals surface area (Å²) < 4.78 is 0. The van der Waals surface area contributed by atoms with E-state index in [0.29, 0.717) is 0 Å². The normalized spacial score (nSPS) is 50.6. The lowest BCUT2D eigenvalue weighted by molar-refractivity contribution is 0.0101. The van der Waals surface area contributed by atoms with Crippen molar-refractivity contribution < 1.29 is 5.11 Å². The Morgan fingerprint density at radius 3 is 2.85 bits per heavy atom. The van der Waals surface area contributed by atoms with Crippen molar-refractivity contribution in [2.24, 2.45) is 34.8 Å². The van der Waals surface area contributed by atoms with E-state index >= 15 is 0 Å². The third-order valence-corrected chi connectivity index (χ3v) is 7.06. The molecule has 0 heterocycles. The SMILES string of the molecule is C[C@]12CC[C@H]3[C@@H](CC=C4C[C@H](O)CC[C@@H]43)[C@@H]1CC=C2N. The summed E-state index contributed by atoms with van der Waals surface area (Å²) in [5.41, 5.74) is 9.32. The number of hydrogen-bond donors (Lipinski definition) is 2. The van der Waals surface area contributed by atoms with Gasteiger partial charge < -0.3 is 10.8 Å². The molecule has 0 radical (unpaired) electrons. The van der Waals surface area contributed by atoms with E-state index in [0.717, 1.165) is 42.2 Å². The van der Waals surface area contributed by atoms with E-state index in [1.165, 1.54) is 32.1 Å². The zero-order valence-corrected chi connectivity index (χ0v) is 12.5. The molecule has 0 aromatic heterocycles. The maximum absolute atomic E-state index is 9.90. The van der Waals surface area contributed by atoms with Gasteiger partial charge in [-0.15, -0.1) is 0 Å². The summed E-state index contributed by atoms with van der Waals surface area (Å²) >= 11 is 0. The van der Waals surface area contributed by atoms with Crippen LogP contribution in [0, 0.1) is 29.1 Å². The van der Waals surface area contributed by atoms with Gasteiger partial charge in [0.2, 0.25) is 0 Å². The molecule has 6 atom stereocenters. The lowest BCUT2D eigenvalue weighted by atomic mass is 9.52. The molecular weight excluding hydrogens is 246 g/mol. The fourth-order valence-electron chi connectivity index (χ4n) is 5.85. The number of fused-ring (bicyclic) bond motifs is 5. The van der Waals surface area contributed by atoms with Gasteiger partial charge in [-0.2, -0.15) is 0 Å². The van der Waals surface area contributed by atoms with Crippen LogP contribution in [-0.4, -0.2) is 11.2 Å². The van der Waals surface area contributed by atoms with Gasteiger partial charge in [-0.25, -0.2) is 0 Å². The molecule has 20 heavy (non-hydrogen) atoms. The van der Waals surface area contributed by atoms with Gasteiger partial charge in [0.15, 0.2) is 0 Å². The molecule has 0 spiro atoms. The van der Waals surface area contributed by atoms with Crippen molar-refractivity contribution in [3.05, 3.63) is 23.4 Å². The number of aliphatic hydroxyl groups excluding tert-OH is 1. The Kier molecular flexibility index (Phi) is 2.82. The van der Waals surface area contributed by atoms with Gasteiger partial charge in [0.1, 0.15) is 0 Å². The fourth-order valence-corrected chi connectivity index (χ4v) is 5.85. The van der Waals surface area contributed by atoms with Crippen molar-refractivity contribution in [2.45, 2.75) is 58.0 Å². The highest BCUT2D eigenvalue weighted by molar-refractivity contribution is 5.26. The molecule has 2 heteroatoms. The Balaban J connectivity index is 1.63. The molecule has 4 aliphatic carbocycles. The third kappa shape index (κ3) is 1.67. The molecule has 0 amide bonds. The summed E-state index contributed by atoms with van der Waals surface area (Å²) in [5, 5.41) is 9.90. The molecule has 2 nitrogen and oxygen atoms in total. The molecule has 2 fully saturated rings. The van der Waals surface area contributed by atoms with Crippen LogP contribution in [0.25, 0.3) is 0 Å². The molecule has 4 rings (SSSR count). The van der Waals surface area contributed by atoms with E-state index in [1.54, 1.807) is 5.57 Å². The Bertz CT molecular complexity index is 480. The Morgan fingerprint density at radius 2 is 2.00 bits per heavy atom. The van der Waals surface area contributed by atoms with E-state index < -0.39 is 0 Å². The van der Waals surface area contributed by atoms with Crippen LogP contribution >= 0.6 is 0 Å². The first-order valence-electron chi connectivity index (χ1n) is 8.42. The van der Waals surface area contributed by atoms with Gasteiger partial charge in [-0.3, -0.25) is 0 Å². The van der Waals surface area contributed by atoms with Gasteiger partial charge in [-0.05, 0) is 68.6 Å². The van der Waals surface area contributed by atoms with E-state index in [2.05, 4.69) is 19.1 Å². The van der Waals surface area contributed by atoms with E-state index in [4.69, 9.17) is 5.73 Å². The summed E-state index contributed by atoms with van der Waals surface area (Å²) in [6.45, 7) is 2.40. The molecule has 0 aromatic carbocycles. The van der Waals surface area contributed by atoms with Gasteiger partial charge in [0, 0.05) is 11.1 Å². The molecule has 0 bridgehead atoms. The molecule has 2 saturated carbocycles. The van der Waals surface area contributed by atoms with Gasteiger partial charge in [-0.1, -0.05) is 24.6 Å². The van der Waals surface area contributed by atoms with Crippen LogP contribution in [0.3, 0.4) is 0 Å². The summed E-state index contributed by atoms with van der Waals surface area (Å²) in [4.78, 5) is 0. The van der Waals surface area contributed by atoms with Crippen LogP contribution in [0.5, 0.6) is 0 Å². The van der Waals surface area contributed by atoms with E-state index in [1.807, 2.05) is 0 Å². The summed E-state index contributed by atoms with van der Waals surface area (Å²) in [7, 11) is 0. The predicted octanol–water partition coefficient (Wildman–Crippen LogP) is 3.37. The van der Waals surface area contributed by atoms with Crippen molar-refractivity contribution >= 4 is 0 Å². The Morgan fingerprint density at radius 1 is 1.15 bits per heavy atom. The third-order valence-electron chi connectivity index (χ3n) is 7.06. The highest BCUT2D eigenvalue weighted by Crippen LogP contribution is 2.60. The first-order chi connectivity index (χ1) is 9.59. The van der Waals surface area contributed by atoms with Crippen molar-refractivity contribution in [1.82, 2.24) is 0 Å². The van der Waals surface area contributed by atoms with Crippen molar-refractivity contribution in [3.63, 3.8) is 0 Å². The van der Waals surface area contributed by atoms with Gasteiger partial charge in [0.05, 0.1) is 6.10 Å². The zero-order valence-electron chi connectivity index (χ0n) is 12.5. The van der Waals surface area contributed by atoms with Crippen LogP contribution in [0.4, 0.5) is 0 Å². The Labute approximate surface area is 122 Å². The average Bonchev–Trinajstić information content (AvgIpc) is 2.74. The van der Waals surface area contributed by atoms with Crippen LogP contribution in [0.15, 0.2) is 23.4 Å². The second kappa shape index (κ2) is 4.37. The van der Waals surface area contributed by atoms with Crippen LogP contribution in [0.1, 0.15) is 51.9 Å². The van der Waals surface area contributed by atoms with Crippen molar-refractivity contribution in [3.8, 4) is 0 Å². The first kappa shape index (κ1) is 12.9. The number of hydrogen-bond acceptors (Lipinski definition) is 2. The minimum Gasteiger partial charge on any atom is -0.402 e. The summed E-state index contributed by atoms with van der Waals surface area (Å²) in [6.07, 6.45) is 12.9. The minimum absolute atomic E-state index is 0.0771. The molecule has 4 aliphatic rings. The van der Waals surface area contributed by atoms with E-state index in [9.17, 15) is 5.11 Å². The number of nitrogens with two attached hydrogens (primary N) is 1. The maximum atomic E-state index is 9.90. The molecule has 0 aromatic rings. The second-order valence-electron chi connectivity index (χ2n) is 7.84. The number of aliphatic hydroxyl groups is 1. The minimum atomic E-state index is -0.0771. The Hall–Kier alpha value is -0.760. The lowest BCUT2D eigenvalue weighted by Gasteiger charge is -2.52. The second-order valence-corrected chi connectivity index (χ2v) is 7.84. The smallest absolute Gasteiger partial charge is 0.0577 e. The zero-order chi connectivity index (χ0) is 13.9.